The minimum Gasteiger partial charge on any atom is -0.378 e. The van der Waals surface area contributed by atoms with E-state index in [1.807, 2.05) is 11.0 Å². The Morgan fingerprint density at radius 1 is 1.15 bits per heavy atom. The van der Waals surface area contributed by atoms with Gasteiger partial charge in [0.2, 0.25) is 0 Å². The molecule has 1 saturated carbocycles. The summed E-state index contributed by atoms with van der Waals surface area (Å²) < 4.78 is 35.9. The second-order valence-electron chi connectivity index (χ2n) is 11.0. The van der Waals surface area contributed by atoms with Crippen molar-refractivity contribution in [3.05, 3.63) is 59.4 Å². The number of fused-ring (bicyclic) bond motifs is 2. The van der Waals surface area contributed by atoms with Gasteiger partial charge in [-0.25, -0.2) is 18.3 Å². The molecule has 39 heavy (non-hydrogen) atoms. The molecule has 0 spiro atoms. The number of rotatable bonds is 4. The van der Waals surface area contributed by atoms with Gasteiger partial charge in [-0.3, -0.25) is 15.7 Å². The Kier molecular flexibility index (Phi) is 5.90. The lowest BCUT2D eigenvalue weighted by atomic mass is 10.0. The van der Waals surface area contributed by atoms with Crippen LogP contribution in [0.4, 0.5) is 14.6 Å². The third-order valence-electron chi connectivity index (χ3n) is 8.78. The first-order chi connectivity index (χ1) is 18.8. The largest absolute Gasteiger partial charge is 0.378 e. The smallest absolute Gasteiger partial charge is 0.167 e. The molecule has 4 aliphatic rings. The molecule has 7 rings (SSSR count). The lowest BCUT2D eigenvalue weighted by molar-refractivity contribution is -0.0881. The molecule has 3 aliphatic heterocycles. The van der Waals surface area contributed by atoms with Crippen molar-refractivity contribution in [1.29, 1.82) is 10.8 Å². The summed E-state index contributed by atoms with van der Waals surface area (Å²) in [6.07, 6.45) is 5.05. The lowest BCUT2D eigenvalue weighted by Gasteiger charge is -2.47. The van der Waals surface area contributed by atoms with Crippen LogP contribution in [-0.2, 0) is 10.3 Å². The molecule has 3 saturated heterocycles. The topological polar surface area (TPSA) is 96.8 Å². The van der Waals surface area contributed by atoms with Gasteiger partial charge in [0.15, 0.2) is 10.8 Å². The summed E-state index contributed by atoms with van der Waals surface area (Å²) in [5, 5.41) is 22.4. The maximum atomic E-state index is 14.8. The van der Waals surface area contributed by atoms with Crippen molar-refractivity contribution in [2.24, 2.45) is 5.92 Å². The first kappa shape index (κ1) is 24.9. The number of nitrogens with zero attached hydrogens (tertiary/aromatic N) is 6. The zero-order valence-corrected chi connectivity index (χ0v) is 22.4. The highest BCUT2D eigenvalue weighted by Crippen LogP contribution is 2.63. The number of benzene rings is 1. The molecule has 204 valence electrons. The van der Waals surface area contributed by atoms with Crippen molar-refractivity contribution in [3.8, 4) is 0 Å². The van der Waals surface area contributed by atoms with E-state index in [0.29, 0.717) is 46.4 Å². The maximum Gasteiger partial charge on any atom is 0.167 e. The lowest BCUT2D eigenvalue weighted by Crippen LogP contribution is -2.61. The van der Waals surface area contributed by atoms with Gasteiger partial charge in [0.05, 0.1) is 36.6 Å². The normalized spacial score (nSPS) is 27.1. The van der Waals surface area contributed by atoms with Gasteiger partial charge in [0.25, 0.3) is 0 Å². The van der Waals surface area contributed by atoms with Crippen LogP contribution in [0.15, 0.2) is 36.7 Å². The number of anilines is 1. The molecule has 12 heteroatoms. The number of amidine groups is 1. The van der Waals surface area contributed by atoms with E-state index in [0.717, 1.165) is 63.5 Å². The van der Waals surface area contributed by atoms with Gasteiger partial charge in [-0.05, 0) is 61.7 Å². The highest BCUT2D eigenvalue weighted by Gasteiger charge is 2.64. The molecule has 2 aromatic heterocycles. The molecule has 5 heterocycles. The number of ether oxygens (including phenoxy) is 1. The van der Waals surface area contributed by atoms with Crippen LogP contribution >= 0.6 is 11.8 Å². The van der Waals surface area contributed by atoms with Crippen LogP contribution < -0.4 is 4.90 Å². The fourth-order valence-corrected chi connectivity index (χ4v) is 7.34. The first-order valence-electron chi connectivity index (χ1n) is 13.4. The monoisotopic (exact) mass is 552 g/mol. The average Bonchev–Trinajstić information content (AvgIpc) is 3.26. The molecule has 1 aliphatic carbocycles. The van der Waals surface area contributed by atoms with Crippen molar-refractivity contribution < 1.29 is 13.5 Å². The third-order valence-corrected chi connectivity index (χ3v) is 9.66. The Hall–Kier alpha value is -3.09. The van der Waals surface area contributed by atoms with Crippen LogP contribution in [0.25, 0.3) is 5.65 Å². The second-order valence-corrected chi connectivity index (χ2v) is 12.0. The van der Waals surface area contributed by atoms with Crippen LogP contribution in [0.2, 0.25) is 0 Å². The van der Waals surface area contributed by atoms with E-state index < -0.39 is 17.2 Å². The van der Waals surface area contributed by atoms with E-state index in [2.05, 4.69) is 21.8 Å². The number of hydrogen-bond donors (Lipinski definition) is 2. The Labute approximate surface area is 229 Å². The summed E-state index contributed by atoms with van der Waals surface area (Å²) in [5.74, 6) is 0.0706. The zero-order valence-electron chi connectivity index (χ0n) is 21.6. The molecule has 4 fully saturated rings. The van der Waals surface area contributed by atoms with Gasteiger partial charge in [-0.15, -0.1) is 0 Å². The number of piperidine rings is 1. The van der Waals surface area contributed by atoms with Crippen LogP contribution in [0.3, 0.4) is 0 Å². The van der Waals surface area contributed by atoms with Crippen LogP contribution in [0.1, 0.15) is 30.9 Å². The molecule has 0 bridgehead atoms. The van der Waals surface area contributed by atoms with Crippen molar-refractivity contribution in [1.82, 2.24) is 24.4 Å². The van der Waals surface area contributed by atoms with Gasteiger partial charge in [0.1, 0.15) is 22.5 Å². The quantitative estimate of drug-likeness (QED) is 0.378. The summed E-state index contributed by atoms with van der Waals surface area (Å²) in [5.41, 5.74) is 0.852. The molecule has 9 nitrogen and oxygen atoms in total. The number of nitrogens with one attached hydrogen (secondary N) is 2. The fourth-order valence-electron chi connectivity index (χ4n) is 6.60. The summed E-state index contributed by atoms with van der Waals surface area (Å²) in [6, 6.07) is 6.29. The molecular weight excluding hydrogens is 522 g/mol. The van der Waals surface area contributed by atoms with Crippen LogP contribution in [0, 0.1) is 28.4 Å². The SMILES string of the molecule is C[C@H]1CN(C(=N)SC(=N)c2cnn3ccc(N4CC[C@H]5C[C@]54c4cc(F)ccc4F)nc23)CCN1C1COC1. The maximum absolute atomic E-state index is 14.8. The number of thioether (sulfide) groups is 1. The third kappa shape index (κ3) is 4.03. The van der Waals surface area contributed by atoms with Gasteiger partial charge in [0, 0.05) is 44.0 Å². The Morgan fingerprint density at radius 2 is 2.00 bits per heavy atom. The molecule has 0 amide bonds. The van der Waals surface area contributed by atoms with Crippen LogP contribution in [0.5, 0.6) is 0 Å². The predicted molar refractivity (Wildman–Crippen MR) is 146 cm³/mol. The Bertz CT molecular complexity index is 1480. The van der Waals surface area contributed by atoms with E-state index in [1.165, 1.54) is 12.1 Å². The number of hydrogen-bond acceptors (Lipinski definition) is 8. The van der Waals surface area contributed by atoms with E-state index in [-0.39, 0.29) is 11.0 Å². The van der Waals surface area contributed by atoms with E-state index >= 15 is 0 Å². The van der Waals surface area contributed by atoms with Crippen molar-refractivity contribution in [3.63, 3.8) is 0 Å². The van der Waals surface area contributed by atoms with E-state index in [1.54, 1.807) is 16.9 Å². The summed E-state index contributed by atoms with van der Waals surface area (Å²) in [6.45, 7) is 6.78. The van der Waals surface area contributed by atoms with E-state index in [9.17, 15) is 8.78 Å². The average molecular weight is 553 g/mol. The minimum absolute atomic E-state index is 0.207. The summed E-state index contributed by atoms with van der Waals surface area (Å²) in [4.78, 5) is 11.4. The van der Waals surface area contributed by atoms with Crippen molar-refractivity contribution in [2.75, 3.05) is 44.3 Å². The number of aromatic nitrogens is 3. The fraction of sp³-hybridized carbons (Fsp3) is 0.481. The minimum atomic E-state index is -0.591. The van der Waals surface area contributed by atoms with Gasteiger partial charge in [-0.2, -0.15) is 5.10 Å². The predicted octanol–water partition coefficient (Wildman–Crippen LogP) is 3.53. The van der Waals surface area contributed by atoms with Crippen LogP contribution in [-0.4, -0.2) is 86.1 Å². The Balaban J connectivity index is 1.11. The zero-order chi connectivity index (χ0) is 26.9. The second kappa shape index (κ2) is 9.24. The Morgan fingerprint density at radius 3 is 2.74 bits per heavy atom. The molecular formula is C27H30F2N8OS. The van der Waals surface area contributed by atoms with Gasteiger partial charge < -0.3 is 14.5 Å². The number of halogens is 2. The summed E-state index contributed by atoms with van der Waals surface area (Å²) >= 11 is 1.11. The van der Waals surface area contributed by atoms with Crippen molar-refractivity contribution in [2.45, 2.75) is 37.4 Å². The number of piperazine rings is 1. The van der Waals surface area contributed by atoms with Gasteiger partial charge in [-0.1, -0.05) is 0 Å². The first-order valence-corrected chi connectivity index (χ1v) is 14.2. The molecule has 2 N–H and O–H groups in total. The molecule has 0 radical (unpaired) electrons. The standard InChI is InChI=1S/C27H30F2N8OS/c1-16-13-34(8-9-35(16)19-14-38-15-19)26(31)39-24(30)20-12-32-37-7-5-23(33-25(20)37)36-6-4-17-11-27(17,36)21-10-18(28)2-3-22(21)29/h2-3,5,7,10,12,16-17,19,30-31H,4,6,8-9,11,13-15H2,1H3/t16-,17-,27+/m0/s1. The molecule has 3 aromatic rings. The molecule has 3 atom stereocenters. The van der Waals surface area contributed by atoms with Gasteiger partial charge >= 0.3 is 0 Å². The van der Waals surface area contributed by atoms with Crippen molar-refractivity contribution >= 4 is 33.4 Å². The molecule has 0 unspecified atom stereocenters. The highest BCUT2D eigenvalue weighted by atomic mass is 32.2. The molecule has 1 aromatic carbocycles. The van der Waals surface area contributed by atoms with E-state index in [4.69, 9.17) is 20.5 Å². The highest BCUT2D eigenvalue weighted by molar-refractivity contribution is 8.26. The summed E-state index contributed by atoms with van der Waals surface area (Å²) in [7, 11) is 0.